The lowest BCUT2D eigenvalue weighted by atomic mass is 10.0. The molecule has 2 N–H and O–H groups in total. The number of aliphatic hydroxyl groups excluding tert-OH is 1. The second-order valence-corrected chi connectivity index (χ2v) is 11.5. The Labute approximate surface area is 193 Å². The van der Waals surface area contributed by atoms with Crippen LogP contribution < -0.4 is 5.32 Å². The SMILES string of the molecule is O=C(N[C@H]1CCCN(S(=O)(=O)c2ccc(Cl)c3ccccc23)C1)N1[C@@H]2CC[C@H]1C[C@@H](O)C2. The number of rotatable bonds is 3. The largest absolute Gasteiger partial charge is 0.393 e. The molecule has 2 aromatic carbocycles. The molecule has 9 heteroatoms. The summed E-state index contributed by atoms with van der Waals surface area (Å²) in [6, 6.07) is 10.2. The van der Waals surface area contributed by atoms with Crippen LogP contribution >= 0.6 is 11.6 Å². The van der Waals surface area contributed by atoms with Gasteiger partial charge in [-0.3, -0.25) is 0 Å². The van der Waals surface area contributed by atoms with Crippen molar-refractivity contribution in [3.05, 3.63) is 41.4 Å². The van der Waals surface area contributed by atoms with Crippen LogP contribution in [0.15, 0.2) is 41.3 Å². The topological polar surface area (TPSA) is 90.0 Å². The fourth-order valence-electron chi connectivity index (χ4n) is 5.61. The highest BCUT2D eigenvalue weighted by atomic mass is 35.5. The molecule has 0 radical (unpaired) electrons. The zero-order chi connectivity index (χ0) is 22.5. The van der Waals surface area contributed by atoms with Crippen LogP contribution in [-0.4, -0.2) is 66.1 Å². The van der Waals surface area contributed by atoms with E-state index in [-0.39, 0.29) is 41.7 Å². The van der Waals surface area contributed by atoms with Crippen molar-refractivity contribution in [2.75, 3.05) is 13.1 Å². The predicted octanol–water partition coefficient (Wildman–Crippen LogP) is 3.34. The number of hydrogen-bond donors (Lipinski definition) is 2. The minimum Gasteiger partial charge on any atom is -0.393 e. The Morgan fingerprint density at radius 1 is 1.03 bits per heavy atom. The summed E-state index contributed by atoms with van der Waals surface area (Å²) in [6.07, 6.45) is 4.18. The van der Waals surface area contributed by atoms with E-state index in [1.165, 1.54) is 4.31 Å². The average Bonchev–Trinajstić information content (AvgIpc) is 3.05. The minimum absolute atomic E-state index is 0.0765. The van der Waals surface area contributed by atoms with Gasteiger partial charge in [0.2, 0.25) is 10.0 Å². The number of nitrogens with zero attached hydrogens (tertiary/aromatic N) is 2. The summed E-state index contributed by atoms with van der Waals surface area (Å²) < 4.78 is 28.5. The molecular formula is C23H28ClN3O4S. The first kappa shape index (κ1) is 21.9. The van der Waals surface area contributed by atoms with E-state index in [4.69, 9.17) is 11.6 Å². The third-order valence-corrected chi connectivity index (χ3v) is 9.36. The Bertz CT molecular complexity index is 1130. The predicted molar refractivity (Wildman–Crippen MR) is 123 cm³/mol. The standard InChI is InChI=1S/C23H28ClN3O4S/c24-21-9-10-22(20-6-2-1-5-19(20)21)32(30,31)26-11-3-4-15(14-26)25-23(29)27-16-7-8-17(27)13-18(28)12-16/h1-2,5-6,9-10,15-18,28H,3-4,7-8,11-14H2,(H,25,29)/t15-,16-,17+,18+/m0/s1. The van der Waals surface area contributed by atoms with Gasteiger partial charge in [-0.15, -0.1) is 0 Å². The van der Waals surface area contributed by atoms with Gasteiger partial charge in [0.15, 0.2) is 0 Å². The quantitative estimate of drug-likeness (QED) is 0.709. The molecule has 0 spiro atoms. The summed E-state index contributed by atoms with van der Waals surface area (Å²) >= 11 is 6.28. The molecule has 3 fully saturated rings. The average molecular weight is 478 g/mol. The fourth-order valence-corrected chi connectivity index (χ4v) is 7.55. The van der Waals surface area contributed by atoms with Gasteiger partial charge in [-0.05, 0) is 50.7 Å². The van der Waals surface area contributed by atoms with Gasteiger partial charge in [0, 0.05) is 47.0 Å². The van der Waals surface area contributed by atoms with Crippen molar-refractivity contribution >= 4 is 38.4 Å². The number of sulfonamides is 1. The number of benzene rings is 2. The first-order chi connectivity index (χ1) is 15.3. The van der Waals surface area contributed by atoms with E-state index < -0.39 is 10.0 Å². The van der Waals surface area contributed by atoms with Gasteiger partial charge in [-0.2, -0.15) is 4.31 Å². The molecule has 32 heavy (non-hydrogen) atoms. The third kappa shape index (κ3) is 3.87. The van der Waals surface area contributed by atoms with Gasteiger partial charge < -0.3 is 15.3 Å². The number of nitrogens with one attached hydrogen (secondary N) is 1. The van der Waals surface area contributed by atoms with Crippen molar-refractivity contribution < 1.29 is 18.3 Å². The maximum atomic E-state index is 13.5. The normalized spacial score (nSPS) is 28.8. The molecule has 0 aliphatic carbocycles. The van der Waals surface area contributed by atoms with E-state index in [0.717, 1.165) is 19.3 Å². The number of carbonyl (C=O) groups is 1. The second-order valence-electron chi connectivity index (χ2n) is 9.16. The van der Waals surface area contributed by atoms with Crippen LogP contribution in [0.4, 0.5) is 4.79 Å². The number of hydrogen-bond acceptors (Lipinski definition) is 4. The van der Waals surface area contributed by atoms with Crippen LogP contribution in [0.1, 0.15) is 38.5 Å². The molecule has 0 saturated carbocycles. The summed E-state index contributed by atoms with van der Waals surface area (Å²) in [6.45, 7) is 0.670. The number of carbonyl (C=O) groups excluding carboxylic acids is 1. The number of amides is 2. The van der Waals surface area contributed by atoms with Gasteiger partial charge >= 0.3 is 6.03 Å². The molecule has 3 aliphatic rings. The highest BCUT2D eigenvalue weighted by molar-refractivity contribution is 7.89. The van der Waals surface area contributed by atoms with Crippen LogP contribution in [0.5, 0.6) is 0 Å². The Morgan fingerprint density at radius 3 is 2.44 bits per heavy atom. The van der Waals surface area contributed by atoms with Gasteiger partial charge in [0.05, 0.1) is 11.0 Å². The van der Waals surface area contributed by atoms with E-state index in [1.54, 1.807) is 24.3 Å². The monoisotopic (exact) mass is 477 g/mol. The van der Waals surface area contributed by atoms with Crippen LogP contribution in [0.2, 0.25) is 5.02 Å². The van der Waals surface area contributed by atoms with E-state index in [1.807, 2.05) is 17.0 Å². The first-order valence-electron chi connectivity index (χ1n) is 11.3. The van der Waals surface area contributed by atoms with Crippen molar-refractivity contribution in [2.45, 2.75) is 67.6 Å². The highest BCUT2D eigenvalue weighted by Crippen LogP contribution is 2.36. The van der Waals surface area contributed by atoms with Crippen LogP contribution in [-0.2, 0) is 10.0 Å². The van der Waals surface area contributed by atoms with Crippen molar-refractivity contribution in [2.24, 2.45) is 0 Å². The zero-order valence-electron chi connectivity index (χ0n) is 17.8. The molecule has 3 aliphatic heterocycles. The summed E-state index contributed by atoms with van der Waals surface area (Å²) in [4.78, 5) is 15.1. The van der Waals surface area contributed by atoms with Gasteiger partial charge in [-0.25, -0.2) is 13.2 Å². The number of aliphatic hydroxyl groups is 1. The van der Waals surface area contributed by atoms with Crippen molar-refractivity contribution in [3.63, 3.8) is 0 Å². The molecule has 3 saturated heterocycles. The second kappa shape index (κ2) is 8.48. The molecule has 2 aromatic rings. The molecule has 2 amide bonds. The Morgan fingerprint density at radius 2 is 1.72 bits per heavy atom. The lowest BCUT2D eigenvalue weighted by Gasteiger charge is -2.39. The summed E-state index contributed by atoms with van der Waals surface area (Å²) in [7, 11) is -3.74. The maximum absolute atomic E-state index is 13.5. The Balaban J connectivity index is 1.33. The molecule has 172 valence electrons. The van der Waals surface area contributed by atoms with Gasteiger partial charge in [0.1, 0.15) is 0 Å². The molecule has 0 aromatic heterocycles. The lowest BCUT2D eigenvalue weighted by Crippen LogP contribution is -2.57. The fraction of sp³-hybridized carbons (Fsp3) is 0.522. The van der Waals surface area contributed by atoms with Gasteiger partial charge in [-0.1, -0.05) is 35.9 Å². The number of piperidine rings is 2. The van der Waals surface area contributed by atoms with E-state index in [9.17, 15) is 18.3 Å². The van der Waals surface area contributed by atoms with Crippen LogP contribution in [0.3, 0.4) is 0 Å². The highest BCUT2D eigenvalue weighted by Gasteiger charge is 2.43. The number of halogens is 1. The Kier molecular flexibility index (Phi) is 5.82. The van der Waals surface area contributed by atoms with Crippen molar-refractivity contribution in [1.29, 1.82) is 0 Å². The van der Waals surface area contributed by atoms with Crippen molar-refractivity contribution in [1.82, 2.24) is 14.5 Å². The van der Waals surface area contributed by atoms with E-state index in [0.29, 0.717) is 41.6 Å². The lowest BCUT2D eigenvalue weighted by molar-refractivity contribution is 0.0528. The minimum atomic E-state index is -3.74. The number of fused-ring (bicyclic) bond motifs is 3. The summed E-state index contributed by atoms with van der Waals surface area (Å²) in [5.41, 5.74) is 0. The van der Waals surface area contributed by atoms with E-state index >= 15 is 0 Å². The van der Waals surface area contributed by atoms with E-state index in [2.05, 4.69) is 5.32 Å². The molecule has 7 nitrogen and oxygen atoms in total. The molecule has 0 unspecified atom stereocenters. The van der Waals surface area contributed by atoms with Crippen LogP contribution in [0, 0.1) is 0 Å². The van der Waals surface area contributed by atoms with Crippen molar-refractivity contribution in [3.8, 4) is 0 Å². The maximum Gasteiger partial charge on any atom is 0.318 e. The summed E-state index contributed by atoms with van der Waals surface area (Å²) in [5, 5.41) is 14.9. The third-order valence-electron chi connectivity index (χ3n) is 7.10. The van der Waals surface area contributed by atoms with Crippen LogP contribution in [0.25, 0.3) is 10.8 Å². The molecular weight excluding hydrogens is 450 g/mol. The molecule has 5 rings (SSSR count). The Hall–Kier alpha value is -1.87. The smallest absolute Gasteiger partial charge is 0.318 e. The molecule has 3 heterocycles. The molecule has 4 atom stereocenters. The van der Waals surface area contributed by atoms with Gasteiger partial charge in [0.25, 0.3) is 0 Å². The zero-order valence-corrected chi connectivity index (χ0v) is 19.4. The summed E-state index contributed by atoms with van der Waals surface area (Å²) in [5.74, 6) is 0. The first-order valence-corrected chi connectivity index (χ1v) is 13.1. The number of urea groups is 1. The molecule has 2 bridgehead atoms.